The molecule has 7 rings (SSSR count). The van der Waals surface area contributed by atoms with Crippen LogP contribution in [-0.4, -0.2) is 52.5 Å². The SMILES string of the molecule is COc1ccc(-c2c(COSC(c3ccccc3)c3ccccc3)cccc2C(=O)OC[C@H]2O[C@@H](n3ccc(NC(=O)c4ccccc4)nc3=O)C[C@@H]2O)cc1. The minimum atomic E-state index is -1.03. The molecule has 2 heterocycles. The predicted octanol–water partition coefficient (Wildman–Crippen LogP) is 7.63. The van der Waals surface area contributed by atoms with E-state index in [9.17, 15) is 19.5 Å². The van der Waals surface area contributed by atoms with Crippen LogP contribution in [0.25, 0.3) is 11.1 Å². The largest absolute Gasteiger partial charge is 0.497 e. The van der Waals surface area contributed by atoms with E-state index in [1.165, 1.54) is 28.9 Å². The Morgan fingerprint density at radius 2 is 1.54 bits per heavy atom. The second kappa shape index (κ2) is 18.1. The standard InChI is InChI=1S/C44H39N3O8S/c1-52-34-22-20-29(21-23-34)40-33(27-54-56-41(30-12-5-2-6-13-30)31-14-7-3-8-15-31)18-11-19-35(40)43(50)53-28-37-36(48)26-39(55-37)47-25-24-38(46-44(47)51)45-42(49)32-16-9-4-10-17-32/h2-25,36-37,39,41,48H,26-28H2,1H3,(H,45,46,49,51)/t36-,37+,39+/m0/s1. The molecule has 0 bridgehead atoms. The number of rotatable bonds is 14. The summed E-state index contributed by atoms with van der Waals surface area (Å²) in [4.78, 5) is 43.3. The number of anilines is 1. The van der Waals surface area contributed by atoms with E-state index >= 15 is 0 Å². The summed E-state index contributed by atoms with van der Waals surface area (Å²) < 4.78 is 24.7. The summed E-state index contributed by atoms with van der Waals surface area (Å²) in [6.45, 7) is -0.0781. The van der Waals surface area contributed by atoms with Crippen LogP contribution in [0.1, 0.15) is 55.3 Å². The number of aliphatic hydroxyl groups is 1. The maximum Gasteiger partial charge on any atom is 0.351 e. The van der Waals surface area contributed by atoms with Crippen LogP contribution >= 0.6 is 12.0 Å². The summed E-state index contributed by atoms with van der Waals surface area (Å²) in [6.07, 6.45) is -1.30. The van der Waals surface area contributed by atoms with Crippen molar-refractivity contribution < 1.29 is 33.1 Å². The quantitative estimate of drug-likeness (QED) is 0.0840. The fourth-order valence-electron chi connectivity index (χ4n) is 6.46. The van der Waals surface area contributed by atoms with Crippen molar-refractivity contribution in [1.82, 2.24) is 9.55 Å². The lowest BCUT2D eigenvalue weighted by Gasteiger charge is -2.19. The number of methoxy groups -OCH3 is 1. The lowest BCUT2D eigenvalue weighted by Crippen LogP contribution is -2.29. The van der Waals surface area contributed by atoms with Crippen LogP contribution in [0, 0.1) is 0 Å². The summed E-state index contributed by atoms with van der Waals surface area (Å²) in [5.41, 5.74) is 4.42. The number of hydrogen-bond donors (Lipinski definition) is 2. The number of carbonyl (C=O) groups is 2. The van der Waals surface area contributed by atoms with Gasteiger partial charge in [0.05, 0.1) is 30.6 Å². The molecule has 5 aromatic carbocycles. The Morgan fingerprint density at radius 1 is 0.875 bits per heavy atom. The molecule has 0 spiro atoms. The number of esters is 1. The zero-order valence-electron chi connectivity index (χ0n) is 30.4. The minimum Gasteiger partial charge on any atom is -0.497 e. The van der Waals surface area contributed by atoms with Crippen LogP contribution in [0.15, 0.2) is 151 Å². The van der Waals surface area contributed by atoms with Crippen molar-refractivity contribution in [3.63, 3.8) is 0 Å². The third-order valence-electron chi connectivity index (χ3n) is 9.33. The number of amides is 1. The van der Waals surface area contributed by atoms with Gasteiger partial charge in [-0.1, -0.05) is 103 Å². The lowest BCUT2D eigenvalue weighted by atomic mass is 9.94. The molecule has 0 radical (unpaired) electrons. The van der Waals surface area contributed by atoms with Crippen molar-refractivity contribution in [2.45, 2.75) is 36.7 Å². The highest BCUT2D eigenvalue weighted by Crippen LogP contribution is 2.38. The molecule has 3 atom stereocenters. The van der Waals surface area contributed by atoms with Crippen LogP contribution in [0.5, 0.6) is 5.75 Å². The molecule has 56 heavy (non-hydrogen) atoms. The van der Waals surface area contributed by atoms with E-state index in [1.807, 2.05) is 66.7 Å². The molecule has 2 N–H and O–H groups in total. The predicted molar refractivity (Wildman–Crippen MR) is 213 cm³/mol. The molecule has 284 valence electrons. The average Bonchev–Trinajstić information content (AvgIpc) is 3.61. The topological polar surface area (TPSA) is 138 Å². The van der Waals surface area contributed by atoms with Gasteiger partial charge in [0.1, 0.15) is 30.5 Å². The van der Waals surface area contributed by atoms with Crippen LogP contribution in [0.2, 0.25) is 0 Å². The highest BCUT2D eigenvalue weighted by molar-refractivity contribution is 7.95. The third kappa shape index (κ3) is 9.07. The van der Waals surface area contributed by atoms with Gasteiger partial charge in [-0.05, 0) is 58.7 Å². The van der Waals surface area contributed by atoms with E-state index in [0.717, 1.165) is 22.3 Å². The molecule has 12 heteroatoms. The number of nitrogens with one attached hydrogen (secondary N) is 1. The monoisotopic (exact) mass is 769 g/mol. The molecule has 11 nitrogen and oxygen atoms in total. The van der Waals surface area contributed by atoms with Crippen molar-refractivity contribution in [2.75, 3.05) is 19.0 Å². The Hall–Kier alpha value is -6.05. The average molecular weight is 770 g/mol. The zero-order valence-corrected chi connectivity index (χ0v) is 31.2. The van der Waals surface area contributed by atoms with Gasteiger partial charge in [-0.3, -0.25) is 9.36 Å². The third-order valence-corrected chi connectivity index (χ3v) is 10.3. The van der Waals surface area contributed by atoms with Crippen molar-refractivity contribution >= 4 is 29.7 Å². The van der Waals surface area contributed by atoms with Gasteiger partial charge in [-0.2, -0.15) is 4.98 Å². The molecule has 0 aliphatic carbocycles. The molecule has 1 aromatic heterocycles. The van der Waals surface area contributed by atoms with Crippen LogP contribution in [0.4, 0.5) is 5.82 Å². The van der Waals surface area contributed by atoms with Crippen LogP contribution in [0.3, 0.4) is 0 Å². The second-order valence-electron chi connectivity index (χ2n) is 13.0. The summed E-state index contributed by atoms with van der Waals surface area (Å²) in [5.74, 6) is -0.279. The van der Waals surface area contributed by atoms with E-state index in [1.54, 1.807) is 49.6 Å². The number of aromatic nitrogens is 2. The summed E-state index contributed by atoms with van der Waals surface area (Å²) >= 11 is 1.35. The van der Waals surface area contributed by atoms with Gasteiger partial charge in [0.15, 0.2) is 0 Å². The molecular formula is C44H39N3O8S. The number of nitrogens with zero attached hydrogens (tertiary/aromatic N) is 2. The van der Waals surface area contributed by atoms with E-state index in [0.29, 0.717) is 22.4 Å². The molecule has 6 aromatic rings. The van der Waals surface area contributed by atoms with Gasteiger partial charge in [0, 0.05) is 35.8 Å². The first-order chi connectivity index (χ1) is 27.4. The second-order valence-corrected chi connectivity index (χ2v) is 13.9. The zero-order chi connectivity index (χ0) is 38.9. The Balaban J connectivity index is 1.04. The number of ether oxygens (including phenoxy) is 3. The van der Waals surface area contributed by atoms with Gasteiger partial charge < -0.3 is 28.8 Å². The minimum absolute atomic E-state index is 0.0636. The molecule has 0 unspecified atom stereocenters. The summed E-state index contributed by atoms with van der Waals surface area (Å²) in [5, 5.41) is 13.4. The van der Waals surface area contributed by atoms with Crippen molar-refractivity contribution in [1.29, 1.82) is 0 Å². The highest BCUT2D eigenvalue weighted by Gasteiger charge is 2.37. The Kier molecular flexibility index (Phi) is 12.3. The van der Waals surface area contributed by atoms with Crippen LogP contribution in [-0.2, 0) is 20.3 Å². The molecule has 1 aliphatic heterocycles. The van der Waals surface area contributed by atoms with Crippen molar-refractivity contribution in [3.8, 4) is 16.9 Å². The summed E-state index contributed by atoms with van der Waals surface area (Å²) in [6, 6.07) is 43.1. The maximum atomic E-state index is 13.8. The molecule has 1 fully saturated rings. The van der Waals surface area contributed by atoms with E-state index in [2.05, 4.69) is 34.6 Å². The normalized spacial score (nSPS) is 16.4. The molecule has 0 saturated carbocycles. The molecule has 1 aliphatic rings. The van der Waals surface area contributed by atoms with Crippen LogP contribution < -0.4 is 15.7 Å². The fraction of sp³-hybridized carbons (Fsp3) is 0.182. The van der Waals surface area contributed by atoms with Gasteiger partial charge in [-0.25, -0.2) is 9.59 Å². The summed E-state index contributed by atoms with van der Waals surface area (Å²) in [7, 11) is 1.59. The van der Waals surface area contributed by atoms with Gasteiger partial charge >= 0.3 is 11.7 Å². The van der Waals surface area contributed by atoms with E-state index in [4.69, 9.17) is 18.4 Å². The number of carbonyl (C=O) groups excluding carboxylic acids is 2. The van der Waals surface area contributed by atoms with Gasteiger partial charge in [0.2, 0.25) is 0 Å². The fourth-order valence-corrected chi connectivity index (χ4v) is 7.33. The van der Waals surface area contributed by atoms with Gasteiger partial charge in [-0.15, -0.1) is 0 Å². The first-order valence-electron chi connectivity index (χ1n) is 18.0. The Labute approximate surface area is 328 Å². The lowest BCUT2D eigenvalue weighted by molar-refractivity contribution is -0.0531. The first-order valence-corrected chi connectivity index (χ1v) is 18.8. The number of benzene rings is 5. The smallest absolute Gasteiger partial charge is 0.351 e. The van der Waals surface area contributed by atoms with E-state index < -0.39 is 36.0 Å². The van der Waals surface area contributed by atoms with Gasteiger partial charge in [0.25, 0.3) is 5.91 Å². The molecular weight excluding hydrogens is 731 g/mol. The first kappa shape index (κ1) is 38.2. The molecule has 1 saturated heterocycles. The van der Waals surface area contributed by atoms with Crippen molar-refractivity contribution in [2.24, 2.45) is 0 Å². The highest BCUT2D eigenvalue weighted by atomic mass is 32.2. The Bertz CT molecular complexity index is 2270. The number of hydrogen-bond acceptors (Lipinski definition) is 10. The molecule has 1 amide bonds. The Morgan fingerprint density at radius 3 is 2.18 bits per heavy atom. The maximum absolute atomic E-state index is 13.8. The van der Waals surface area contributed by atoms with Crippen molar-refractivity contribution in [3.05, 3.63) is 184 Å². The number of aliphatic hydroxyl groups excluding tert-OH is 1. The van der Waals surface area contributed by atoms with E-state index in [-0.39, 0.29) is 30.7 Å².